The van der Waals surface area contributed by atoms with Crippen LogP contribution < -0.4 is 4.87 Å². The third-order valence-electron chi connectivity index (χ3n) is 5.47. The standard InChI is InChI=1S/C24H26N4O4S/c1-4-32-23(29)10-6-17-5-9-22(25-14-17)28-12-11-19(26-28)16(2)18-7-8-20-21(13-18)33-24(30)27(20)15-31-3/h5,7-9,11-14,16H,4,6,10,15H2,1-3H3. The average molecular weight is 467 g/mol. The highest BCUT2D eigenvalue weighted by Gasteiger charge is 2.15. The molecule has 9 heteroatoms. The van der Waals surface area contributed by atoms with Gasteiger partial charge in [-0.15, -0.1) is 0 Å². The monoisotopic (exact) mass is 466 g/mol. The molecule has 0 spiro atoms. The SMILES string of the molecule is CCOC(=O)CCc1ccc(-n2ccc(C(C)c3ccc4c(c3)sc(=O)n4COC)n2)nc1. The van der Waals surface area contributed by atoms with Gasteiger partial charge in [-0.25, -0.2) is 9.67 Å². The predicted molar refractivity (Wildman–Crippen MR) is 127 cm³/mol. The minimum Gasteiger partial charge on any atom is -0.466 e. The number of rotatable bonds is 9. The third kappa shape index (κ3) is 5.04. The summed E-state index contributed by atoms with van der Waals surface area (Å²) in [7, 11) is 1.58. The van der Waals surface area contributed by atoms with Crippen LogP contribution in [0, 0.1) is 0 Å². The van der Waals surface area contributed by atoms with E-state index in [1.54, 1.807) is 29.5 Å². The number of ether oxygens (including phenoxy) is 2. The van der Waals surface area contributed by atoms with Gasteiger partial charge >= 0.3 is 10.8 Å². The minimum absolute atomic E-state index is 0.0299. The molecule has 4 aromatic rings. The van der Waals surface area contributed by atoms with Gasteiger partial charge in [0.05, 0.1) is 22.5 Å². The number of methoxy groups -OCH3 is 1. The molecular weight excluding hydrogens is 440 g/mol. The quantitative estimate of drug-likeness (QED) is 0.348. The Morgan fingerprint density at radius 1 is 1.21 bits per heavy atom. The molecule has 1 atom stereocenters. The number of aryl methyl sites for hydroxylation is 1. The van der Waals surface area contributed by atoms with Crippen molar-refractivity contribution in [2.24, 2.45) is 0 Å². The molecule has 0 aliphatic rings. The maximum Gasteiger partial charge on any atom is 0.310 e. The molecule has 0 N–H and O–H groups in total. The van der Waals surface area contributed by atoms with E-state index in [2.05, 4.69) is 11.9 Å². The second-order valence-electron chi connectivity index (χ2n) is 7.68. The number of hydrogen-bond acceptors (Lipinski definition) is 7. The largest absolute Gasteiger partial charge is 0.466 e. The van der Waals surface area contributed by atoms with E-state index >= 15 is 0 Å². The first kappa shape index (κ1) is 22.9. The van der Waals surface area contributed by atoms with Crippen LogP contribution in [0.15, 0.2) is 53.6 Å². The van der Waals surface area contributed by atoms with Gasteiger partial charge in [0, 0.05) is 31.8 Å². The van der Waals surface area contributed by atoms with Crippen LogP contribution in [0.1, 0.15) is 43.0 Å². The van der Waals surface area contributed by atoms with Crippen LogP contribution in [0.4, 0.5) is 0 Å². The number of esters is 1. The van der Waals surface area contributed by atoms with Gasteiger partial charge in [0.25, 0.3) is 0 Å². The summed E-state index contributed by atoms with van der Waals surface area (Å²) in [5.41, 5.74) is 3.84. The number of benzene rings is 1. The molecule has 0 saturated heterocycles. The van der Waals surface area contributed by atoms with Gasteiger partial charge < -0.3 is 9.47 Å². The summed E-state index contributed by atoms with van der Waals surface area (Å²) in [6.45, 7) is 4.53. The first-order valence-corrected chi connectivity index (χ1v) is 11.6. The van der Waals surface area contributed by atoms with Crippen LogP contribution in [-0.4, -0.2) is 39.0 Å². The predicted octanol–water partition coefficient (Wildman–Crippen LogP) is 3.90. The van der Waals surface area contributed by atoms with Gasteiger partial charge in [-0.2, -0.15) is 5.10 Å². The van der Waals surface area contributed by atoms with Crippen molar-refractivity contribution in [2.75, 3.05) is 13.7 Å². The van der Waals surface area contributed by atoms with Gasteiger partial charge in [0.1, 0.15) is 6.73 Å². The van der Waals surface area contributed by atoms with E-state index in [1.165, 1.54) is 11.3 Å². The summed E-state index contributed by atoms with van der Waals surface area (Å²) in [4.78, 5) is 28.2. The maximum atomic E-state index is 12.2. The zero-order valence-corrected chi connectivity index (χ0v) is 19.7. The highest BCUT2D eigenvalue weighted by Crippen LogP contribution is 2.28. The highest BCUT2D eigenvalue weighted by molar-refractivity contribution is 7.16. The van der Waals surface area contributed by atoms with E-state index in [-0.39, 0.29) is 23.5 Å². The van der Waals surface area contributed by atoms with Gasteiger partial charge in [-0.05, 0) is 48.7 Å². The molecule has 0 saturated carbocycles. The minimum atomic E-state index is -0.201. The summed E-state index contributed by atoms with van der Waals surface area (Å²) in [6, 6.07) is 11.9. The molecule has 33 heavy (non-hydrogen) atoms. The number of pyridine rings is 1. The molecule has 0 fully saturated rings. The molecule has 8 nitrogen and oxygen atoms in total. The van der Waals surface area contributed by atoms with Crippen molar-refractivity contribution in [2.45, 2.75) is 39.3 Å². The number of carbonyl (C=O) groups is 1. The van der Waals surface area contributed by atoms with Crippen molar-refractivity contribution in [1.82, 2.24) is 19.3 Å². The fraction of sp³-hybridized carbons (Fsp3) is 0.333. The highest BCUT2D eigenvalue weighted by atomic mass is 32.1. The lowest BCUT2D eigenvalue weighted by Crippen LogP contribution is -2.13. The Hall–Kier alpha value is -3.30. The molecule has 0 amide bonds. The van der Waals surface area contributed by atoms with Crippen molar-refractivity contribution in [3.63, 3.8) is 0 Å². The first-order valence-electron chi connectivity index (χ1n) is 10.8. The number of carbonyl (C=O) groups excluding carboxylic acids is 1. The van der Waals surface area contributed by atoms with Gasteiger partial charge in [0.2, 0.25) is 0 Å². The molecule has 1 unspecified atom stereocenters. The second kappa shape index (κ2) is 10.1. The molecule has 0 aliphatic carbocycles. The Kier molecular flexibility index (Phi) is 7.00. The molecule has 1 aromatic carbocycles. The van der Waals surface area contributed by atoms with Crippen molar-refractivity contribution in [1.29, 1.82) is 0 Å². The second-order valence-corrected chi connectivity index (χ2v) is 8.67. The van der Waals surface area contributed by atoms with E-state index in [4.69, 9.17) is 14.6 Å². The Morgan fingerprint density at radius 3 is 2.79 bits per heavy atom. The lowest BCUT2D eigenvalue weighted by molar-refractivity contribution is -0.143. The Bertz CT molecular complexity index is 1310. The van der Waals surface area contributed by atoms with Crippen LogP contribution in [0.5, 0.6) is 0 Å². The number of hydrogen-bond donors (Lipinski definition) is 0. The van der Waals surface area contributed by atoms with E-state index in [9.17, 15) is 9.59 Å². The first-order chi connectivity index (χ1) is 16.0. The average Bonchev–Trinajstić information content (AvgIpc) is 3.43. The zero-order chi connectivity index (χ0) is 23.4. The fourth-order valence-electron chi connectivity index (χ4n) is 3.65. The number of fused-ring (bicyclic) bond motifs is 1. The van der Waals surface area contributed by atoms with Crippen LogP contribution in [0.3, 0.4) is 0 Å². The maximum absolute atomic E-state index is 12.2. The summed E-state index contributed by atoms with van der Waals surface area (Å²) in [5.74, 6) is 0.555. The molecule has 0 aliphatic heterocycles. The van der Waals surface area contributed by atoms with Crippen molar-refractivity contribution in [3.8, 4) is 5.82 Å². The van der Waals surface area contributed by atoms with Gasteiger partial charge in [-0.1, -0.05) is 30.4 Å². The summed E-state index contributed by atoms with van der Waals surface area (Å²) < 4.78 is 14.4. The fourth-order valence-corrected chi connectivity index (χ4v) is 4.58. The van der Waals surface area contributed by atoms with Crippen molar-refractivity contribution >= 4 is 27.5 Å². The molecule has 0 bridgehead atoms. The molecular formula is C24H26N4O4S. The summed E-state index contributed by atoms with van der Waals surface area (Å²) in [5, 5.41) is 4.71. The topological polar surface area (TPSA) is 88.2 Å². The smallest absolute Gasteiger partial charge is 0.310 e. The summed E-state index contributed by atoms with van der Waals surface area (Å²) in [6.07, 6.45) is 4.58. The van der Waals surface area contributed by atoms with Gasteiger partial charge in [0.15, 0.2) is 5.82 Å². The van der Waals surface area contributed by atoms with E-state index in [0.717, 1.165) is 27.0 Å². The van der Waals surface area contributed by atoms with Gasteiger partial charge in [-0.3, -0.25) is 14.2 Å². The molecule has 3 heterocycles. The lowest BCUT2D eigenvalue weighted by Gasteiger charge is -2.10. The van der Waals surface area contributed by atoms with Crippen molar-refractivity contribution < 1.29 is 14.3 Å². The molecule has 172 valence electrons. The zero-order valence-electron chi connectivity index (χ0n) is 18.9. The normalized spacial score (nSPS) is 12.2. The Balaban J connectivity index is 1.48. The molecule has 3 aromatic heterocycles. The van der Waals surface area contributed by atoms with Crippen LogP contribution in [-0.2, 0) is 27.4 Å². The van der Waals surface area contributed by atoms with Crippen LogP contribution in [0.25, 0.3) is 16.0 Å². The van der Waals surface area contributed by atoms with Crippen LogP contribution >= 0.6 is 11.3 Å². The van der Waals surface area contributed by atoms with E-state index in [1.807, 2.05) is 42.6 Å². The number of thiazole rings is 1. The Labute approximate surface area is 195 Å². The van der Waals surface area contributed by atoms with Crippen LogP contribution in [0.2, 0.25) is 0 Å². The summed E-state index contributed by atoms with van der Waals surface area (Å²) >= 11 is 1.22. The van der Waals surface area contributed by atoms with E-state index < -0.39 is 0 Å². The van der Waals surface area contributed by atoms with Crippen molar-refractivity contribution in [3.05, 3.63) is 75.3 Å². The Morgan fingerprint density at radius 2 is 2.06 bits per heavy atom. The third-order valence-corrected chi connectivity index (χ3v) is 6.41. The molecule has 0 radical (unpaired) electrons. The lowest BCUT2D eigenvalue weighted by atomic mass is 9.98. The molecule has 4 rings (SSSR count). The number of nitrogens with zero attached hydrogens (tertiary/aromatic N) is 4. The number of aromatic nitrogens is 4. The van der Waals surface area contributed by atoms with E-state index in [0.29, 0.717) is 25.3 Å².